The second kappa shape index (κ2) is 11.9. The molecular weight excluding hydrogens is 363 g/mol. The Morgan fingerprint density at radius 1 is 1.24 bits per heavy atom. The van der Waals surface area contributed by atoms with Crippen LogP contribution < -0.4 is 5.73 Å². The molecule has 0 heterocycles. The topological polar surface area (TPSA) is 136 Å². The Hall–Kier alpha value is 0.828. The van der Waals surface area contributed by atoms with E-state index < -0.39 is 46.8 Å². The Balaban J connectivity index is 0. The zero-order chi connectivity index (χ0) is 13.9. The van der Waals surface area contributed by atoms with E-state index in [0.717, 1.165) is 6.42 Å². The number of halogens is 1. The molecule has 0 spiro atoms. The SMILES string of the molecule is CCC(Cl)C[O][Sb]([OH])[OH].NC(CO)(CO)CO. The van der Waals surface area contributed by atoms with Crippen molar-refractivity contribution in [3.63, 3.8) is 0 Å². The molecule has 7 nitrogen and oxygen atoms in total. The molecule has 0 aromatic carbocycles. The largest absolute Gasteiger partial charge is 0.394 e. The van der Waals surface area contributed by atoms with E-state index in [1.54, 1.807) is 0 Å². The zero-order valence-corrected chi connectivity index (χ0v) is 13.0. The predicted octanol–water partition coefficient (Wildman–Crippen LogP) is -2.35. The van der Waals surface area contributed by atoms with Gasteiger partial charge in [-0.3, -0.25) is 0 Å². The van der Waals surface area contributed by atoms with Gasteiger partial charge in [-0.05, 0) is 0 Å². The first-order chi connectivity index (χ1) is 7.85. The van der Waals surface area contributed by atoms with E-state index in [9.17, 15) is 0 Å². The van der Waals surface area contributed by atoms with Crippen LogP contribution in [0.25, 0.3) is 0 Å². The minimum Gasteiger partial charge on any atom is -0.394 e. The number of aliphatic hydroxyl groups is 3. The second-order valence-corrected chi connectivity index (χ2v) is 6.19. The van der Waals surface area contributed by atoms with Gasteiger partial charge in [-0.1, -0.05) is 0 Å². The molecule has 9 heteroatoms. The molecule has 0 saturated heterocycles. The van der Waals surface area contributed by atoms with Crippen LogP contribution >= 0.6 is 11.6 Å². The van der Waals surface area contributed by atoms with Crippen LogP contribution in [0.4, 0.5) is 0 Å². The van der Waals surface area contributed by atoms with Crippen LogP contribution in [0.5, 0.6) is 0 Å². The van der Waals surface area contributed by atoms with Crippen molar-refractivity contribution in [2.24, 2.45) is 5.73 Å². The molecular formula is C8H21ClNO6Sb. The van der Waals surface area contributed by atoms with Gasteiger partial charge in [0.1, 0.15) is 0 Å². The predicted molar refractivity (Wildman–Crippen MR) is 64.3 cm³/mol. The summed E-state index contributed by atoms with van der Waals surface area (Å²) in [6.45, 7) is 0.963. The van der Waals surface area contributed by atoms with Gasteiger partial charge >= 0.3 is 68.2 Å². The van der Waals surface area contributed by atoms with E-state index in [1.807, 2.05) is 6.92 Å². The van der Waals surface area contributed by atoms with Gasteiger partial charge in [-0.2, -0.15) is 0 Å². The van der Waals surface area contributed by atoms with Gasteiger partial charge in [-0.15, -0.1) is 0 Å². The summed E-state index contributed by atoms with van der Waals surface area (Å²) >= 11 is 2.41. The minimum absolute atomic E-state index is 0.0868. The molecule has 1 atom stereocenters. The van der Waals surface area contributed by atoms with Crippen molar-refractivity contribution >= 4 is 33.1 Å². The number of nitrogens with two attached hydrogens (primary N) is 1. The van der Waals surface area contributed by atoms with Crippen LogP contribution in [0, 0.1) is 0 Å². The Kier molecular flexibility index (Phi) is 14.1. The van der Waals surface area contributed by atoms with Crippen LogP contribution in [-0.2, 0) is 3.02 Å². The molecule has 0 rings (SSSR count). The Bertz CT molecular complexity index is 164. The third-order valence-electron chi connectivity index (χ3n) is 1.76. The smallest absolute Gasteiger partial charge is 0.0856 e. The standard InChI is InChI=1S/C4H8ClO.C4H11NO3.2H2O.Sb/c1-2-4(5)3-6;5-4(1-6,2-7)3-8;;;/h4H,2-3H2,1H3;6-8H,1-3,5H2;2*1H2;/q-1;;;;+3/p-2. The first-order valence-corrected chi connectivity index (χ1v) is 8.67. The molecule has 0 saturated carbocycles. The van der Waals surface area contributed by atoms with Crippen LogP contribution in [0.2, 0.25) is 0 Å². The van der Waals surface area contributed by atoms with Gasteiger partial charge in [0, 0.05) is 0 Å². The molecule has 0 fully saturated rings. The number of rotatable bonds is 7. The van der Waals surface area contributed by atoms with Crippen molar-refractivity contribution in [1.82, 2.24) is 0 Å². The van der Waals surface area contributed by atoms with Crippen LogP contribution in [0.15, 0.2) is 0 Å². The molecule has 0 aromatic heterocycles. The maximum absolute atomic E-state index is 8.35. The third-order valence-corrected chi connectivity index (χ3v) is 3.28. The van der Waals surface area contributed by atoms with E-state index in [4.69, 9.17) is 39.4 Å². The van der Waals surface area contributed by atoms with Crippen LogP contribution in [0.1, 0.15) is 13.3 Å². The normalized spacial score (nSPS) is 13.2. The fraction of sp³-hybridized carbons (Fsp3) is 1.00. The van der Waals surface area contributed by atoms with Crippen molar-refractivity contribution in [1.29, 1.82) is 0 Å². The van der Waals surface area contributed by atoms with Crippen molar-refractivity contribution in [2.75, 3.05) is 26.4 Å². The molecule has 0 aliphatic heterocycles. The Morgan fingerprint density at radius 2 is 1.65 bits per heavy atom. The monoisotopic (exact) mass is 383 g/mol. The van der Waals surface area contributed by atoms with Crippen molar-refractivity contribution in [2.45, 2.75) is 24.3 Å². The molecule has 7 N–H and O–H groups in total. The summed E-state index contributed by atoms with van der Waals surface area (Å²) in [6.07, 6.45) is 0.788. The van der Waals surface area contributed by atoms with E-state index >= 15 is 0 Å². The Morgan fingerprint density at radius 3 is 1.82 bits per heavy atom. The molecule has 17 heavy (non-hydrogen) atoms. The molecule has 0 amide bonds. The summed E-state index contributed by atoms with van der Waals surface area (Å²) in [4.78, 5) is 0. The van der Waals surface area contributed by atoms with Gasteiger partial charge < -0.3 is 21.1 Å². The number of hydrogen-bond acceptors (Lipinski definition) is 7. The molecule has 0 aliphatic carbocycles. The second-order valence-electron chi connectivity index (χ2n) is 3.39. The molecule has 0 bridgehead atoms. The summed E-state index contributed by atoms with van der Waals surface area (Å²) in [5.41, 5.74) is 3.94. The van der Waals surface area contributed by atoms with Gasteiger partial charge in [-0.25, -0.2) is 0 Å². The van der Waals surface area contributed by atoms with Gasteiger partial charge in [0.2, 0.25) is 0 Å². The maximum Gasteiger partial charge on any atom is 0.0856 e. The van der Waals surface area contributed by atoms with Crippen LogP contribution in [0.3, 0.4) is 0 Å². The average molecular weight is 384 g/mol. The summed E-state index contributed by atoms with van der Waals surface area (Å²) in [7, 11) is 0. The minimum atomic E-state index is -3.19. The number of aliphatic hydroxyl groups excluding tert-OH is 3. The molecule has 0 aliphatic rings. The average Bonchev–Trinajstić information content (AvgIpc) is 2.35. The van der Waals surface area contributed by atoms with Gasteiger partial charge in [0.25, 0.3) is 0 Å². The summed E-state index contributed by atoms with van der Waals surface area (Å²) < 4.78 is 21.3. The van der Waals surface area contributed by atoms with E-state index in [0.29, 0.717) is 0 Å². The quantitative estimate of drug-likeness (QED) is 0.214. The molecule has 0 aromatic rings. The van der Waals surface area contributed by atoms with E-state index in [2.05, 4.69) is 3.02 Å². The number of alkyl halides is 1. The van der Waals surface area contributed by atoms with Crippen molar-refractivity contribution in [3.05, 3.63) is 0 Å². The summed E-state index contributed by atoms with van der Waals surface area (Å²) in [5, 5.41) is 24.9. The molecule has 1 unspecified atom stereocenters. The fourth-order valence-corrected chi connectivity index (χ4v) is 1.64. The van der Waals surface area contributed by atoms with Crippen LogP contribution in [-0.4, -0.2) is 80.9 Å². The van der Waals surface area contributed by atoms with E-state index in [-0.39, 0.29) is 12.0 Å². The number of hydrogen-bond donors (Lipinski definition) is 6. The van der Waals surface area contributed by atoms with Crippen molar-refractivity contribution < 1.29 is 25.1 Å². The summed E-state index contributed by atoms with van der Waals surface area (Å²) in [5.74, 6) is 0. The maximum atomic E-state index is 8.35. The van der Waals surface area contributed by atoms with Crippen molar-refractivity contribution in [3.8, 4) is 0 Å². The first-order valence-electron chi connectivity index (χ1n) is 4.91. The van der Waals surface area contributed by atoms with E-state index in [1.165, 1.54) is 0 Å². The first kappa shape index (κ1) is 20.2. The third kappa shape index (κ3) is 13.1. The fourth-order valence-electron chi connectivity index (χ4n) is 0.415. The van der Waals surface area contributed by atoms with Gasteiger partial charge in [0.15, 0.2) is 0 Å². The Labute approximate surface area is 114 Å². The van der Waals surface area contributed by atoms with Gasteiger partial charge in [0.05, 0.1) is 25.4 Å². The zero-order valence-electron chi connectivity index (χ0n) is 9.66. The molecule has 0 radical (unpaired) electrons. The summed E-state index contributed by atoms with van der Waals surface area (Å²) in [6, 6.07) is 0. The molecule has 106 valence electrons.